The highest BCUT2D eigenvalue weighted by atomic mass is 16.5. The van der Waals surface area contributed by atoms with Gasteiger partial charge in [-0.25, -0.2) is 0 Å². The topological polar surface area (TPSA) is 30.5 Å². The Kier molecular flexibility index (Phi) is 6.18. The quantitative estimate of drug-likeness (QED) is 0.767. The minimum Gasteiger partial charge on any atom is -0.497 e. The summed E-state index contributed by atoms with van der Waals surface area (Å²) in [4.78, 5) is 0. The zero-order valence-corrected chi connectivity index (χ0v) is 11.9. The van der Waals surface area contributed by atoms with Gasteiger partial charge < -0.3 is 14.8 Å². The van der Waals surface area contributed by atoms with Crippen LogP contribution in [-0.2, 0) is 11.2 Å². The molecule has 1 aliphatic rings. The number of methoxy groups -OCH3 is 1. The van der Waals surface area contributed by atoms with Gasteiger partial charge in [-0.05, 0) is 62.9 Å². The lowest BCUT2D eigenvalue weighted by molar-refractivity contribution is 0.0116. The number of hydrogen-bond acceptors (Lipinski definition) is 3. The van der Waals surface area contributed by atoms with Crippen LogP contribution in [0.4, 0.5) is 0 Å². The molecule has 1 aromatic carbocycles. The zero-order chi connectivity index (χ0) is 13.3. The SMILES string of the molecule is COc1ccc(CCNCCC2CCCCO2)cc1. The molecule has 19 heavy (non-hydrogen) atoms. The average Bonchev–Trinajstić information content (AvgIpc) is 2.49. The minimum absolute atomic E-state index is 0.488. The van der Waals surface area contributed by atoms with E-state index in [2.05, 4.69) is 17.4 Å². The predicted octanol–water partition coefficient (Wildman–Crippen LogP) is 2.79. The monoisotopic (exact) mass is 263 g/mol. The molecular weight excluding hydrogens is 238 g/mol. The van der Waals surface area contributed by atoms with E-state index in [1.54, 1.807) is 7.11 Å². The maximum Gasteiger partial charge on any atom is 0.118 e. The third-order valence-electron chi connectivity index (χ3n) is 3.67. The van der Waals surface area contributed by atoms with Crippen molar-refractivity contribution in [3.05, 3.63) is 29.8 Å². The molecule has 1 saturated heterocycles. The Labute approximate surface area is 116 Å². The van der Waals surface area contributed by atoms with E-state index in [0.717, 1.165) is 38.3 Å². The third kappa shape index (κ3) is 5.21. The van der Waals surface area contributed by atoms with Crippen molar-refractivity contribution in [1.82, 2.24) is 5.32 Å². The van der Waals surface area contributed by atoms with Crippen molar-refractivity contribution in [2.75, 3.05) is 26.8 Å². The van der Waals surface area contributed by atoms with Gasteiger partial charge in [-0.2, -0.15) is 0 Å². The van der Waals surface area contributed by atoms with Crippen LogP contribution in [0.1, 0.15) is 31.2 Å². The second-order valence-corrected chi connectivity index (χ2v) is 5.13. The van der Waals surface area contributed by atoms with E-state index >= 15 is 0 Å². The molecule has 1 atom stereocenters. The molecule has 1 heterocycles. The summed E-state index contributed by atoms with van der Waals surface area (Å²) in [6, 6.07) is 8.30. The maximum atomic E-state index is 5.71. The summed E-state index contributed by atoms with van der Waals surface area (Å²) in [5.41, 5.74) is 1.35. The summed E-state index contributed by atoms with van der Waals surface area (Å²) in [6.07, 6.45) is 6.50. The summed E-state index contributed by atoms with van der Waals surface area (Å²) in [7, 11) is 1.70. The van der Waals surface area contributed by atoms with Crippen LogP contribution >= 0.6 is 0 Å². The standard InChI is InChI=1S/C16H25NO2/c1-18-15-7-5-14(6-8-15)9-11-17-12-10-16-4-2-3-13-19-16/h5-8,16-17H,2-4,9-13H2,1H3. The van der Waals surface area contributed by atoms with Crippen LogP contribution in [0.15, 0.2) is 24.3 Å². The van der Waals surface area contributed by atoms with Crippen LogP contribution in [0.25, 0.3) is 0 Å². The molecule has 0 aliphatic carbocycles. The molecule has 3 nitrogen and oxygen atoms in total. The number of hydrogen-bond donors (Lipinski definition) is 1. The van der Waals surface area contributed by atoms with Gasteiger partial charge in [0.2, 0.25) is 0 Å². The van der Waals surface area contributed by atoms with Crippen molar-refractivity contribution in [1.29, 1.82) is 0 Å². The molecule has 1 N–H and O–H groups in total. The Morgan fingerprint density at radius 3 is 2.74 bits per heavy atom. The van der Waals surface area contributed by atoms with Gasteiger partial charge in [0.1, 0.15) is 5.75 Å². The van der Waals surface area contributed by atoms with Crippen molar-refractivity contribution >= 4 is 0 Å². The van der Waals surface area contributed by atoms with Crippen LogP contribution in [0.2, 0.25) is 0 Å². The first kappa shape index (κ1) is 14.4. The van der Waals surface area contributed by atoms with E-state index in [0.29, 0.717) is 6.10 Å². The molecule has 1 unspecified atom stereocenters. The largest absolute Gasteiger partial charge is 0.497 e. The van der Waals surface area contributed by atoms with Crippen molar-refractivity contribution < 1.29 is 9.47 Å². The van der Waals surface area contributed by atoms with Crippen molar-refractivity contribution in [2.24, 2.45) is 0 Å². The zero-order valence-electron chi connectivity index (χ0n) is 11.9. The smallest absolute Gasteiger partial charge is 0.118 e. The second-order valence-electron chi connectivity index (χ2n) is 5.13. The fraction of sp³-hybridized carbons (Fsp3) is 0.625. The average molecular weight is 263 g/mol. The first-order chi connectivity index (χ1) is 9.38. The van der Waals surface area contributed by atoms with Crippen LogP contribution in [0.3, 0.4) is 0 Å². The van der Waals surface area contributed by atoms with E-state index in [4.69, 9.17) is 9.47 Å². The lowest BCUT2D eigenvalue weighted by Gasteiger charge is -2.22. The molecule has 0 saturated carbocycles. The molecule has 2 rings (SSSR count). The maximum absolute atomic E-state index is 5.71. The Hall–Kier alpha value is -1.06. The van der Waals surface area contributed by atoms with Gasteiger partial charge in [0.15, 0.2) is 0 Å². The van der Waals surface area contributed by atoms with E-state index in [-0.39, 0.29) is 0 Å². The number of rotatable bonds is 7. The molecule has 3 heteroatoms. The Morgan fingerprint density at radius 1 is 1.21 bits per heavy atom. The molecule has 0 radical (unpaired) electrons. The predicted molar refractivity (Wildman–Crippen MR) is 77.8 cm³/mol. The molecule has 1 aromatic rings. The second kappa shape index (κ2) is 8.18. The molecule has 0 aromatic heterocycles. The van der Waals surface area contributed by atoms with Gasteiger partial charge >= 0.3 is 0 Å². The lowest BCUT2D eigenvalue weighted by Crippen LogP contribution is -2.26. The van der Waals surface area contributed by atoms with Gasteiger partial charge in [0.25, 0.3) is 0 Å². The van der Waals surface area contributed by atoms with E-state index < -0.39 is 0 Å². The summed E-state index contributed by atoms with van der Waals surface area (Å²) in [6.45, 7) is 3.04. The van der Waals surface area contributed by atoms with Crippen LogP contribution in [0.5, 0.6) is 5.75 Å². The normalized spacial score (nSPS) is 19.3. The van der Waals surface area contributed by atoms with Crippen molar-refractivity contribution in [3.8, 4) is 5.75 Å². The molecule has 0 amide bonds. The van der Waals surface area contributed by atoms with E-state index in [9.17, 15) is 0 Å². The highest BCUT2D eigenvalue weighted by Gasteiger charge is 2.12. The summed E-state index contributed by atoms with van der Waals surface area (Å²) < 4.78 is 10.9. The molecule has 0 spiro atoms. The molecule has 1 fully saturated rings. The summed E-state index contributed by atoms with van der Waals surface area (Å²) >= 11 is 0. The molecule has 0 bridgehead atoms. The molecule has 106 valence electrons. The van der Waals surface area contributed by atoms with Gasteiger partial charge in [-0.1, -0.05) is 12.1 Å². The Bertz CT molecular complexity index is 344. The molecular formula is C16H25NO2. The Morgan fingerprint density at radius 2 is 2.05 bits per heavy atom. The third-order valence-corrected chi connectivity index (χ3v) is 3.67. The van der Waals surface area contributed by atoms with E-state index in [1.165, 1.54) is 24.8 Å². The summed E-state index contributed by atoms with van der Waals surface area (Å²) in [5.74, 6) is 0.922. The van der Waals surface area contributed by atoms with Crippen LogP contribution in [-0.4, -0.2) is 32.9 Å². The first-order valence-electron chi connectivity index (χ1n) is 7.34. The van der Waals surface area contributed by atoms with Crippen molar-refractivity contribution in [2.45, 2.75) is 38.2 Å². The lowest BCUT2D eigenvalue weighted by atomic mass is 10.1. The minimum atomic E-state index is 0.488. The Balaban J connectivity index is 1.55. The van der Waals surface area contributed by atoms with Crippen LogP contribution in [0, 0.1) is 0 Å². The number of nitrogens with one attached hydrogen (secondary N) is 1. The first-order valence-corrected chi connectivity index (χ1v) is 7.34. The fourth-order valence-electron chi connectivity index (χ4n) is 2.45. The van der Waals surface area contributed by atoms with Crippen molar-refractivity contribution in [3.63, 3.8) is 0 Å². The number of benzene rings is 1. The van der Waals surface area contributed by atoms with Gasteiger partial charge in [-0.15, -0.1) is 0 Å². The van der Waals surface area contributed by atoms with Gasteiger partial charge in [0, 0.05) is 6.61 Å². The summed E-state index contributed by atoms with van der Waals surface area (Å²) in [5, 5.41) is 3.50. The highest BCUT2D eigenvalue weighted by Crippen LogP contribution is 2.15. The highest BCUT2D eigenvalue weighted by molar-refractivity contribution is 5.27. The van der Waals surface area contributed by atoms with E-state index in [1.807, 2.05) is 12.1 Å². The van der Waals surface area contributed by atoms with Gasteiger partial charge in [-0.3, -0.25) is 0 Å². The molecule has 1 aliphatic heterocycles. The fourth-order valence-corrected chi connectivity index (χ4v) is 2.45. The number of ether oxygens (including phenoxy) is 2. The van der Waals surface area contributed by atoms with Gasteiger partial charge in [0.05, 0.1) is 13.2 Å². The van der Waals surface area contributed by atoms with Crippen LogP contribution < -0.4 is 10.1 Å².